The van der Waals surface area contributed by atoms with Crippen LogP contribution in [0, 0.1) is 0 Å². The molecule has 5 nitrogen and oxygen atoms in total. The van der Waals surface area contributed by atoms with E-state index in [9.17, 15) is 10.2 Å². The third-order valence-corrected chi connectivity index (χ3v) is 7.31. The fraction of sp³-hybridized carbons (Fsp3) is 0.600. The van der Waals surface area contributed by atoms with E-state index in [0.717, 1.165) is 44.3 Å². The summed E-state index contributed by atoms with van der Waals surface area (Å²) in [5.74, 6) is 0.811. The summed E-state index contributed by atoms with van der Waals surface area (Å²) < 4.78 is 6.36. The average Bonchev–Trinajstić information content (AvgIpc) is 2.95. The molecule has 5 rings (SSSR count). The van der Waals surface area contributed by atoms with Crippen LogP contribution in [0.1, 0.15) is 30.4 Å². The Kier molecular flexibility index (Phi) is 3.13. The molecular weight excluding hydrogens is 316 g/mol. The van der Waals surface area contributed by atoms with Crippen molar-refractivity contribution in [1.82, 2.24) is 10.2 Å². The van der Waals surface area contributed by atoms with Gasteiger partial charge in [-0.25, -0.2) is 0 Å². The van der Waals surface area contributed by atoms with E-state index in [0.29, 0.717) is 5.75 Å². The smallest absolute Gasteiger partial charge is 0.165 e. The molecule has 3 N–H and O–H groups in total. The molecule has 2 fully saturated rings. The summed E-state index contributed by atoms with van der Waals surface area (Å²) in [5.41, 5.74) is 1.05. The van der Waals surface area contributed by atoms with Crippen molar-refractivity contribution < 1.29 is 14.9 Å². The van der Waals surface area contributed by atoms with Gasteiger partial charge < -0.3 is 20.3 Å². The summed E-state index contributed by atoms with van der Waals surface area (Å²) in [6.07, 6.45) is 5.08. The Morgan fingerprint density at radius 1 is 1.44 bits per heavy atom. The fourth-order valence-electron chi connectivity index (χ4n) is 6.31. The number of hydrogen-bond acceptors (Lipinski definition) is 5. The van der Waals surface area contributed by atoms with Gasteiger partial charge in [0.05, 0.1) is 11.0 Å². The maximum absolute atomic E-state index is 12.0. The zero-order valence-corrected chi connectivity index (χ0v) is 14.7. The Balaban J connectivity index is 1.76. The average molecular weight is 342 g/mol. The first-order valence-electron chi connectivity index (χ1n) is 9.33. The summed E-state index contributed by atoms with van der Waals surface area (Å²) in [6.45, 7) is 5.62. The zero-order chi connectivity index (χ0) is 17.4. The van der Waals surface area contributed by atoms with Gasteiger partial charge in [0.15, 0.2) is 11.5 Å². The molecule has 0 amide bonds. The number of nitrogens with one attached hydrogen (secondary N) is 1. The molecule has 2 bridgehead atoms. The Labute approximate surface area is 148 Å². The molecule has 0 aromatic heterocycles. The molecule has 2 aliphatic carbocycles. The molecule has 0 radical (unpaired) electrons. The molecule has 134 valence electrons. The number of ether oxygens (including phenoxy) is 1. The Bertz CT molecular complexity index is 751. The molecule has 0 unspecified atom stereocenters. The number of piperidine rings is 1. The van der Waals surface area contributed by atoms with Crippen LogP contribution < -0.4 is 10.1 Å². The first-order valence-corrected chi connectivity index (χ1v) is 9.33. The van der Waals surface area contributed by atoms with Crippen LogP contribution in [0.2, 0.25) is 0 Å². The van der Waals surface area contributed by atoms with Gasteiger partial charge in [-0.2, -0.15) is 0 Å². The molecule has 25 heavy (non-hydrogen) atoms. The highest BCUT2D eigenvalue weighted by Crippen LogP contribution is 2.65. The second-order valence-electron chi connectivity index (χ2n) is 8.07. The van der Waals surface area contributed by atoms with Crippen LogP contribution in [0.15, 0.2) is 24.8 Å². The van der Waals surface area contributed by atoms with Gasteiger partial charge in [0.1, 0.15) is 6.10 Å². The van der Waals surface area contributed by atoms with Crippen molar-refractivity contribution in [1.29, 1.82) is 0 Å². The fourth-order valence-corrected chi connectivity index (χ4v) is 6.31. The van der Waals surface area contributed by atoms with Gasteiger partial charge in [0, 0.05) is 24.2 Å². The van der Waals surface area contributed by atoms with Crippen LogP contribution in [-0.2, 0) is 11.8 Å². The zero-order valence-electron chi connectivity index (χ0n) is 14.7. The topological polar surface area (TPSA) is 65.0 Å². The van der Waals surface area contributed by atoms with E-state index in [1.54, 1.807) is 6.07 Å². The van der Waals surface area contributed by atoms with Gasteiger partial charge in [0.2, 0.25) is 0 Å². The van der Waals surface area contributed by atoms with E-state index in [4.69, 9.17) is 4.74 Å². The van der Waals surface area contributed by atoms with Crippen molar-refractivity contribution in [3.8, 4) is 11.5 Å². The van der Waals surface area contributed by atoms with E-state index in [1.807, 2.05) is 19.2 Å². The van der Waals surface area contributed by atoms with Gasteiger partial charge in [-0.15, -0.1) is 6.58 Å². The van der Waals surface area contributed by atoms with Crippen molar-refractivity contribution in [3.63, 3.8) is 0 Å². The minimum Gasteiger partial charge on any atom is -0.504 e. The molecule has 4 aliphatic rings. The van der Waals surface area contributed by atoms with Crippen LogP contribution >= 0.6 is 0 Å². The maximum Gasteiger partial charge on any atom is 0.165 e. The molecule has 1 spiro atoms. The van der Waals surface area contributed by atoms with Crippen LogP contribution in [0.3, 0.4) is 0 Å². The van der Waals surface area contributed by atoms with Crippen molar-refractivity contribution in [3.05, 3.63) is 35.9 Å². The highest BCUT2D eigenvalue weighted by atomic mass is 16.5. The minimum atomic E-state index is -0.821. The normalized spacial score (nSPS) is 41.1. The van der Waals surface area contributed by atoms with Crippen molar-refractivity contribution in [2.75, 3.05) is 20.1 Å². The summed E-state index contributed by atoms with van der Waals surface area (Å²) in [5, 5.41) is 25.9. The molecule has 1 aromatic rings. The molecule has 2 aliphatic heterocycles. The first-order chi connectivity index (χ1) is 12.1. The SMILES string of the molecule is C=CCN1CC[C@]23c4c5ccc(O)c4O[C@H]2[C@H](NC)CC[C@@]3(O)[C@H]1C5. The third-order valence-electron chi connectivity index (χ3n) is 7.31. The maximum atomic E-state index is 12.0. The quantitative estimate of drug-likeness (QED) is 0.723. The summed E-state index contributed by atoms with van der Waals surface area (Å²) >= 11 is 0. The number of nitrogens with zero attached hydrogens (tertiary/aromatic N) is 1. The standard InChI is InChI=1S/C20H26N2O3/c1-3-9-22-10-8-19-16-12-4-5-14(23)17(16)25-18(19)13(21-2)6-7-20(19,24)15(22)11-12/h3-5,13,15,18,21,23-24H,1,6-11H2,2H3/t13-,15-,18+,19+,20-/m1/s1. The lowest BCUT2D eigenvalue weighted by Crippen LogP contribution is -2.77. The second-order valence-corrected chi connectivity index (χ2v) is 8.07. The number of likely N-dealkylation sites (N-methyl/N-ethyl adjacent to an activating group) is 1. The van der Waals surface area contributed by atoms with Gasteiger partial charge in [-0.05, 0) is 50.9 Å². The van der Waals surface area contributed by atoms with Crippen molar-refractivity contribution in [2.45, 2.75) is 54.9 Å². The lowest BCUT2D eigenvalue weighted by Gasteiger charge is -2.64. The Morgan fingerprint density at radius 2 is 2.28 bits per heavy atom. The highest BCUT2D eigenvalue weighted by molar-refractivity contribution is 5.62. The second kappa shape index (κ2) is 5.00. The molecule has 1 aromatic carbocycles. The number of rotatable bonds is 3. The first kappa shape index (κ1) is 15.7. The summed E-state index contributed by atoms with van der Waals surface area (Å²) in [4.78, 5) is 2.38. The lowest BCUT2D eigenvalue weighted by atomic mass is 9.48. The Morgan fingerprint density at radius 3 is 3.04 bits per heavy atom. The van der Waals surface area contributed by atoms with Crippen molar-refractivity contribution >= 4 is 0 Å². The predicted octanol–water partition coefficient (Wildman–Crippen LogP) is 1.32. The van der Waals surface area contributed by atoms with Gasteiger partial charge in [-0.1, -0.05) is 12.1 Å². The summed E-state index contributed by atoms with van der Waals surface area (Å²) in [7, 11) is 1.96. The van der Waals surface area contributed by atoms with E-state index in [1.165, 1.54) is 5.56 Å². The number of phenolic OH excluding ortho intramolecular Hbond substituents is 1. The predicted molar refractivity (Wildman–Crippen MR) is 95.1 cm³/mol. The molecule has 2 heterocycles. The Hall–Kier alpha value is -1.56. The van der Waals surface area contributed by atoms with E-state index >= 15 is 0 Å². The van der Waals surface area contributed by atoms with Crippen molar-refractivity contribution in [2.24, 2.45) is 0 Å². The summed E-state index contributed by atoms with van der Waals surface area (Å²) in [6, 6.07) is 4.03. The van der Waals surface area contributed by atoms with Crippen LogP contribution in [0.25, 0.3) is 0 Å². The largest absolute Gasteiger partial charge is 0.504 e. The van der Waals surface area contributed by atoms with Crippen LogP contribution in [0.4, 0.5) is 0 Å². The van der Waals surface area contributed by atoms with Crippen LogP contribution in [-0.4, -0.2) is 59.0 Å². The van der Waals surface area contributed by atoms with E-state index < -0.39 is 11.0 Å². The molecule has 5 heteroatoms. The lowest BCUT2D eigenvalue weighted by molar-refractivity contribution is -0.189. The minimum absolute atomic E-state index is 0.0751. The number of hydrogen-bond donors (Lipinski definition) is 3. The number of benzene rings is 1. The highest BCUT2D eigenvalue weighted by Gasteiger charge is 2.72. The van der Waals surface area contributed by atoms with E-state index in [2.05, 4.69) is 16.8 Å². The van der Waals surface area contributed by atoms with E-state index in [-0.39, 0.29) is 23.9 Å². The monoisotopic (exact) mass is 342 g/mol. The molecule has 5 atom stereocenters. The molecular formula is C20H26N2O3. The van der Waals surface area contributed by atoms with Crippen LogP contribution in [0.5, 0.6) is 11.5 Å². The van der Waals surface area contributed by atoms with Gasteiger partial charge in [-0.3, -0.25) is 4.90 Å². The third kappa shape index (κ3) is 1.65. The van der Waals surface area contributed by atoms with Gasteiger partial charge in [0.25, 0.3) is 0 Å². The van der Waals surface area contributed by atoms with Gasteiger partial charge >= 0.3 is 0 Å². The number of aliphatic hydroxyl groups is 1. The number of likely N-dealkylation sites (tertiary alicyclic amines) is 1. The molecule has 1 saturated carbocycles. The molecule has 1 saturated heterocycles. The number of phenols is 1. The number of aromatic hydroxyl groups is 1.